The quantitative estimate of drug-likeness (QED) is 0.385. The van der Waals surface area contributed by atoms with E-state index < -0.39 is 34.3 Å². The van der Waals surface area contributed by atoms with E-state index in [1.165, 1.54) is 0 Å². The van der Waals surface area contributed by atoms with Crippen LogP contribution >= 0.6 is 11.8 Å². The Morgan fingerprint density at radius 3 is 2.67 bits per heavy atom. The number of H-pyrrole nitrogens is 1. The van der Waals surface area contributed by atoms with E-state index in [2.05, 4.69) is 15.3 Å². The van der Waals surface area contributed by atoms with Crippen molar-refractivity contribution in [2.45, 2.75) is 24.3 Å². The average Bonchev–Trinajstić information content (AvgIpc) is 2.60. The first kappa shape index (κ1) is 20.4. The van der Waals surface area contributed by atoms with Crippen molar-refractivity contribution in [3.63, 3.8) is 0 Å². The van der Waals surface area contributed by atoms with Gasteiger partial charge in [-0.15, -0.1) is 0 Å². The van der Waals surface area contributed by atoms with Crippen molar-refractivity contribution in [2.75, 3.05) is 17.7 Å². The van der Waals surface area contributed by atoms with E-state index in [0.29, 0.717) is 6.07 Å². The lowest BCUT2D eigenvalue weighted by Gasteiger charge is -2.11. The Hall–Kier alpha value is -2.95. The number of nitrogen functional groups attached to an aromatic ring is 1. The Morgan fingerprint density at radius 1 is 1.37 bits per heavy atom. The molecule has 4 N–H and O–H groups in total. The highest BCUT2D eigenvalue weighted by molar-refractivity contribution is 8.00. The number of carbonyl (C=O) groups is 2. The minimum atomic E-state index is -1.21. The normalized spacial score (nSPS) is 11.7. The van der Waals surface area contributed by atoms with E-state index in [1.54, 1.807) is 13.8 Å². The topological polar surface area (TPSA) is 127 Å². The molecule has 0 aliphatic carbocycles. The van der Waals surface area contributed by atoms with Crippen LogP contribution in [0.5, 0.6) is 0 Å². The number of hydrogen-bond donors (Lipinski definition) is 3. The molecule has 1 aromatic carbocycles. The molecule has 1 aromatic heterocycles. The first-order chi connectivity index (χ1) is 12.7. The smallest absolute Gasteiger partial charge is 0.319 e. The summed E-state index contributed by atoms with van der Waals surface area (Å²) in [5.41, 5.74) is 4.38. The number of hydrogen-bond acceptors (Lipinski definition) is 7. The van der Waals surface area contributed by atoms with Crippen molar-refractivity contribution in [3.8, 4) is 0 Å². The number of nitrogens with one attached hydrogen (secondary N) is 2. The predicted octanol–water partition coefficient (Wildman–Crippen LogP) is 1.93. The molecule has 1 heterocycles. The number of halogens is 2. The fraction of sp³-hybridized carbons (Fsp3) is 0.250. The lowest BCUT2D eigenvalue weighted by molar-refractivity contribution is -0.142. The molecule has 144 valence electrons. The molecule has 1 atom stereocenters. The van der Waals surface area contributed by atoms with Crippen molar-refractivity contribution >= 4 is 35.1 Å². The molecular weight excluding hydrogens is 382 g/mol. The van der Waals surface area contributed by atoms with Gasteiger partial charge in [0.2, 0.25) is 0 Å². The van der Waals surface area contributed by atoms with Gasteiger partial charge in [0.25, 0.3) is 11.5 Å². The zero-order valence-corrected chi connectivity index (χ0v) is 15.2. The Labute approximate surface area is 156 Å². The van der Waals surface area contributed by atoms with Crippen LogP contribution in [0.25, 0.3) is 0 Å². The number of thioether (sulfide) groups is 1. The van der Waals surface area contributed by atoms with Gasteiger partial charge in [-0.2, -0.15) is 0 Å². The van der Waals surface area contributed by atoms with Gasteiger partial charge in [-0.3, -0.25) is 19.4 Å². The summed E-state index contributed by atoms with van der Waals surface area (Å²) >= 11 is 0.922. The molecule has 0 saturated heterocycles. The summed E-state index contributed by atoms with van der Waals surface area (Å²) in [5, 5.41) is 1.62. The Morgan fingerprint density at radius 2 is 2.07 bits per heavy atom. The van der Waals surface area contributed by atoms with Crippen LogP contribution in [-0.4, -0.2) is 33.7 Å². The second kappa shape index (κ2) is 8.62. The number of aromatic nitrogens is 2. The molecule has 27 heavy (non-hydrogen) atoms. The number of amides is 1. The molecule has 0 bridgehead atoms. The van der Waals surface area contributed by atoms with Crippen LogP contribution in [0, 0.1) is 11.6 Å². The number of benzene rings is 1. The molecule has 0 fully saturated rings. The molecule has 2 aromatic rings. The van der Waals surface area contributed by atoms with Crippen molar-refractivity contribution in [1.82, 2.24) is 9.97 Å². The van der Waals surface area contributed by atoms with Crippen molar-refractivity contribution in [1.29, 1.82) is 0 Å². The van der Waals surface area contributed by atoms with Gasteiger partial charge in [0.1, 0.15) is 10.9 Å². The molecule has 8 nitrogen and oxygen atoms in total. The zero-order valence-electron chi connectivity index (χ0n) is 14.3. The Balaban J connectivity index is 2.19. The molecule has 0 aliphatic rings. The second-order valence-electron chi connectivity index (χ2n) is 5.23. The first-order valence-electron chi connectivity index (χ1n) is 7.72. The van der Waals surface area contributed by atoms with Gasteiger partial charge in [-0.05, 0) is 32.0 Å². The summed E-state index contributed by atoms with van der Waals surface area (Å²) in [6.45, 7) is 3.44. The third-order valence-electron chi connectivity index (χ3n) is 3.25. The molecule has 0 spiro atoms. The summed E-state index contributed by atoms with van der Waals surface area (Å²) < 4.78 is 31.0. The largest absolute Gasteiger partial charge is 0.465 e. The lowest BCUT2D eigenvalue weighted by Crippen LogP contribution is -2.24. The molecule has 0 radical (unpaired) electrons. The van der Waals surface area contributed by atoms with Gasteiger partial charge in [-0.25, -0.2) is 13.8 Å². The average molecular weight is 398 g/mol. The maximum Gasteiger partial charge on any atom is 0.319 e. The standard InChI is InChI=1S/C16H16F2N4O4S/c1-3-26-15(25)7(2)27-16-21-12(19)11(14(24)22-16)20-13(23)8-4-5-9(17)10(18)6-8/h4-7H,3H2,1-2H3,(H,20,23)(H3,19,21,22,24)/t7-/m0/s1. The number of anilines is 2. The van der Waals surface area contributed by atoms with Crippen molar-refractivity contribution in [3.05, 3.63) is 45.8 Å². The van der Waals surface area contributed by atoms with Crippen LogP contribution < -0.4 is 16.6 Å². The Kier molecular flexibility index (Phi) is 6.50. The third-order valence-corrected chi connectivity index (χ3v) is 4.22. The molecule has 1 amide bonds. The number of nitrogens with zero attached hydrogens (tertiary/aromatic N) is 1. The molecule has 0 aliphatic heterocycles. The van der Waals surface area contributed by atoms with Gasteiger partial charge in [0.15, 0.2) is 22.6 Å². The molecular formula is C16H16F2N4O4S. The maximum absolute atomic E-state index is 13.2. The van der Waals surface area contributed by atoms with Crippen molar-refractivity contribution < 1.29 is 23.1 Å². The molecule has 0 unspecified atom stereocenters. The lowest BCUT2D eigenvalue weighted by atomic mass is 10.2. The minimum Gasteiger partial charge on any atom is -0.465 e. The fourth-order valence-electron chi connectivity index (χ4n) is 1.94. The highest BCUT2D eigenvalue weighted by atomic mass is 32.2. The zero-order chi connectivity index (χ0) is 20.1. The van der Waals surface area contributed by atoms with Gasteiger partial charge in [0.05, 0.1) is 6.61 Å². The maximum atomic E-state index is 13.2. The number of carbonyl (C=O) groups excluding carboxylic acids is 2. The number of ether oxygens (including phenoxy) is 1. The fourth-order valence-corrected chi connectivity index (χ4v) is 2.75. The molecule has 11 heteroatoms. The monoisotopic (exact) mass is 398 g/mol. The van der Waals surface area contributed by atoms with E-state index in [9.17, 15) is 23.2 Å². The van der Waals surface area contributed by atoms with Crippen LogP contribution in [0.3, 0.4) is 0 Å². The SMILES string of the molecule is CCOC(=O)[C@H](C)Sc1nc(N)c(NC(=O)c2ccc(F)c(F)c2)c(=O)[nH]1. The molecule has 2 rings (SSSR count). The molecule has 0 saturated carbocycles. The van der Waals surface area contributed by atoms with E-state index >= 15 is 0 Å². The van der Waals surface area contributed by atoms with E-state index in [1.807, 2.05) is 0 Å². The minimum absolute atomic E-state index is 0.0591. The van der Waals surface area contributed by atoms with Gasteiger partial charge >= 0.3 is 5.97 Å². The Bertz CT molecular complexity index is 935. The summed E-state index contributed by atoms with van der Waals surface area (Å²) in [7, 11) is 0. The summed E-state index contributed by atoms with van der Waals surface area (Å²) in [4.78, 5) is 42.2. The van der Waals surface area contributed by atoms with Gasteiger partial charge in [-0.1, -0.05) is 11.8 Å². The van der Waals surface area contributed by atoms with E-state index in [4.69, 9.17) is 10.5 Å². The van der Waals surface area contributed by atoms with E-state index in [-0.39, 0.29) is 28.8 Å². The number of aromatic amines is 1. The predicted molar refractivity (Wildman–Crippen MR) is 95.5 cm³/mol. The number of esters is 1. The van der Waals surface area contributed by atoms with Crippen LogP contribution in [0.4, 0.5) is 20.3 Å². The summed E-state index contributed by atoms with van der Waals surface area (Å²) in [6, 6.07) is 2.52. The van der Waals surface area contributed by atoms with Crippen LogP contribution in [-0.2, 0) is 9.53 Å². The number of rotatable bonds is 6. The number of nitrogens with two attached hydrogens (primary N) is 1. The van der Waals surface area contributed by atoms with Crippen LogP contribution in [0.15, 0.2) is 28.2 Å². The summed E-state index contributed by atoms with van der Waals surface area (Å²) in [5.74, 6) is -3.97. The van der Waals surface area contributed by atoms with Crippen LogP contribution in [0.1, 0.15) is 24.2 Å². The van der Waals surface area contributed by atoms with Gasteiger partial charge in [0, 0.05) is 5.56 Å². The first-order valence-corrected chi connectivity index (χ1v) is 8.60. The highest BCUT2D eigenvalue weighted by Crippen LogP contribution is 2.22. The second-order valence-corrected chi connectivity index (χ2v) is 6.56. The summed E-state index contributed by atoms with van der Waals surface area (Å²) in [6.07, 6.45) is 0. The van der Waals surface area contributed by atoms with E-state index in [0.717, 1.165) is 23.9 Å². The van der Waals surface area contributed by atoms with Gasteiger partial charge < -0.3 is 15.8 Å². The highest BCUT2D eigenvalue weighted by Gasteiger charge is 2.19. The van der Waals surface area contributed by atoms with Crippen molar-refractivity contribution in [2.24, 2.45) is 0 Å². The third kappa shape index (κ3) is 5.03. The van der Waals surface area contributed by atoms with Crippen LogP contribution in [0.2, 0.25) is 0 Å².